The molecule has 35 heavy (non-hydrogen) atoms. The number of para-hydroxylation sites is 1. The maximum atomic E-state index is 12.6. The van der Waals surface area contributed by atoms with Crippen molar-refractivity contribution in [2.24, 2.45) is 0 Å². The number of aromatic nitrogens is 3. The number of nitrogens with one attached hydrogen (secondary N) is 2. The van der Waals surface area contributed by atoms with E-state index >= 15 is 0 Å². The second-order valence-corrected chi connectivity index (χ2v) is 7.93. The summed E-state index contributed by atoms with van der Waals surface area (Å²) in [7, 11) is 5.97. The number of benzene rings is 2. The van der Waals surface area contributed by atoms with Gasteiger partial charge in [-0.2, -0.15) is 4.98 Å². The molecule has 0 saturated heterocycles. The highest BCUT2D eigenvalue weighted by molar-refractivity contribution is 7.15. The van der Waals surface area contributed by atoms with Gasteiger partial charge in [0.2, 0.25) is 16.6 Å². The molecule has 2 amide bonds. The Kier molecular flexibility index (Phi) is 7.01. The summed E-state index contributed by atoms with van der Waals surface area (Å²) >= 11 is 1.38. The second-order valence-electron chi connectivity index (χ2n) is 7.10. The highest BCUT2D eigenvalue weighted by Crippen LogP contribution is 2.38. The van der Waals surface area contributed by atoms with Crippen molar-refractivity contribution >= 4 is 34.1 Å². The van der Waals surface area contributed by atoms with E-state index in [0.29, 0.717) is 28.0 Å². The van der Waals surface area contributed by atoms with E-state index in [9.17, 15) is 9.59 Å². The smallest absolute Gasteiger partial charge is 0.251 e. The number of fused-ring (bicyclic) bond motifs is 1. The Morgan fingerprint density at radius 1 is 0.971 bits per heavy atom. The number of hydrogen-bond acceptors (Lipinski definition) is 9. The first-order chi connectivity index (χ1) is 17.0. The van der Waals surface area contributed by atoms with Gasteiger partial charge in [0.05, 0.1) is 40.7 Å². The molecule has 0 spiro atoms. The van der Waals surface area contributed by atoms with Crippen molar-refractivity contribution in [3.8, 4) is 34.3 Å². The van der Waals surface area contributed by atoms with E-state index in [1.165, 1.54) is 44.8 Å². The van der Waals surface area contributed by atoms with Gasteiger partial charge >= 0.3 is 0 Å². The topological polar surface area (TPSA) is 125 Å². The number of hydrogen-bond donors (Lipinski definition) is 2. The van der Waals surface area contributed by atoms with Crippen molar-refractivity contribution in [1.29, 1.82) is 0 Å². The van der Waals surface area contributed by atoms with Gasteiger partial charge in [-0.15, -0.1) is 16.4 Å². The number of thiazole rings is 1. The normalized spacial score (nSPS) is 10.6. The Bertz CT molecular complexity index is 1360. The van der Waals surface area contributed by atoms with E-state index in [4.69, 9.17) is 18.9 Å². The minimum absolute atomic E-state index is 0.125. The summed E-state index contributed by atoms with van der Waals surface area (Å²) in [5, 5.41) is 11.5. The van der Waals surface area contributed by atoms with Crippen LogP contribution in [0.15, 0.2) is 41.8 Å². The van der Waals surface area contributed by atoms with Crippen LogP contribution in [0.4, 0.5) is 5.95 Å². The van der Waals surface area contributed by atoms with Crippen LogP contribution >= 0.6 is 11.3 Å². The molecule has 0 radical (unpaired) electrons. The number of carbonyl (C=O) groups is 2. The summed E-state index contributed by atoms with van der Waals surface area (Å²) in [6, 6.07) is 10.6. The van der Waals surface area contributed by atoms with Crippen LogP contribution in [0.3, 0.4) is 0 Å². The number of rotatable bonds is 9. The molecule has 12 heteroatoms. The average Bonchev–Trinajstić information content (AvgIpc) is 3.46. The Morgan fingerprint density at radius 3 is 2.31 bits per heavy atom. The predicted molar refractivity (Wildman–Crippen MR) is 130 cm³/mol. The molecule has 2 heterocycles. The van der Waals surface area contributed by atoms with Gasteiger partial charge in [0, 0.05) is 16.5 Å². The number of amides is 2. The quantitative estimate of drug-likeness (QED) is 0.362. The molecule has 0 aliphatic rings. The summed E-state index contributed by atoms with van der Waals surface area (Å²) < 4.78 is 22.8. The Balaban J connectivity index is 1.44. The summed E-state index contributed by atoms with van der Waals surface area (Å²) in [6.07, 6.45) is 0. The molecule has 2 aromatic carbocycles. The molecule has 4 rings (SSSR count). The third-order valence-corrected chi connectivity index (χ3v) is 5.87. The minimum atomic E-state index is -0.489. The third kappa shape index (κ3) is 4.82. The fourth-order valence-corrected chi connectivity index (χ4v) is 4.24. The van der Waals surface area contributed by atoms with Crippen LogP contribution in [0.2, 0.25) is 0 Å². The number of anilines is 1. The van der Waals surface area contributed by atoms with Crippen molar-refractivity contribution in [3.63, 3.8) is 0 Å². The average molecular weight is 498 g/mol. The van der Waals surface area contributed by atoms with E-state index in [-0.39, 0.29) is 18.1 Å². The third-order valence-electron chi connectivity index (χ3n) is 5.05. The van der Waals surface area contributed by atoms with Crippen LogP contribution in [0.5, 0.6) is 23.0 Å². The molecule has 11 nitrogen and oxygen atoms in total. The number of ether oxygens (including phenoxy) is 4. The zero-order chi connectivity index (χ0) is 24.9. The number of carbonyl (C=O) groups excluding carboxylic acids is 2. The molecule has 0 saturated carbocycles. The van der Waals surface area contributed by atoms with Crippen LogP contribution in [0.1, 0.15) is 10.4 Å². The number of nitrogens with zero attached hydrogens (tertiary/aromatic N) is 3. The lowest BCUT2D eigenvalue weighted by Gasteiger charge is -2.14. The summed E-state index contributed by atoms with van der Waals surface area (Å²) in [6.45, 7) is -0.290. The van der Waals surface area contributed by atoms with Gasteiger partial charge in [0.1, 0.15) is 5.75 Å². The first kappa shape index (κ1) is 23.8. The van der Waals surface area contributed by atoms with E-state index in [1.807, 2.05) is 29.6 Å². The Hall–Kier alpha value is -4.32. The van der Waals surface area contributed by atoms with Crippen molar-refractivity contribution in [2.45, 2.75) is 0 Å². The lowest BCUT2D eigenvalue weighted by atomic mass is 10.1. The van der Waals surface area contributed by atoms with Gasteiger partial charge in [-0.3, -0.25) is 14.9 Å². The fourth-order valence-electron chi connectivity index (χ4n) is 3.42. The highest BCUT2D eigenvalue weighted by Gasteiger charge is 2.19. The molecular formula is C23H23N5O6S. The Labute approximate surface area is 204 Å². The summed E-state index contributed by atoms with van der Waals surface area (Å²) in [5.41, 5.74) is 1.88. The van der Waals surface area contributed by atoms with Crippen LogP contribution in [0, 0.1) is 0 Å². The summed E-state index contributed by atoms with van der Waals surface area (Å²) in [4.78, 5) is 30.0. The zero-order valence-corrected chi connectivity index (χ0v) is 20.3. The predicted octanol–water partition coefficient (Wildman–Crippen LogP) is 2.86. The van der Waals surface area contributed by atoms with E-state index in [0.717, 1.165) is 11.3 Å². The van der Waals surface area contributed by atoms with E-state index < -0.39 is 11.8 Å². The van der Waals surface area contributed by atoms with Crippen LogP contribution in [-0.4, -0.2) is 61.4 Å². The van der Waals surface area contributed by atoms with Crippen LogP contribution in [-0.2, 0) is 4.79 Å². The largest absolute Gasteiger partial charge is 0.496 e. The maximum Gasteiger partial charge on any atom is 0.251 e. The molecule has 0 aliphatic carbocycles. The standard InChI is InChI=1S/C23H23N5O6S/c1-31-16-8-6-5-7-14(16)15-12-35-23-26-22(27-28(15)23)25-19(29)11-24-21(30)13-9-17(32-2)20(34-4)18(10-13)33-3/h5-10,12H,11H2,1-4H3,(H,24,30)(H,25,27,29). The molecule has 4 aromatic rings. The van der Waals surface area contributed by atoms with E-state index in [2.05, 4.69) is 20.7 Å². The Morgan fingerprint density at radius 2 is 1.66 bits per heavy atom. The molecule has 0 atom stereocenters. The number of methoxy groups -OCH3 is 4. The van der Waals surface area contributed by atoms with Gasteiger partial charge in [0.25, 0.3) is 11.9 Å². The van der Waals surface area contributed by atoms with Crippen molar-refractivity contribution in [3.05, 3.63) is 47.3 Å². The zero-order valence-electron chi connectivity index (χ0n) is 19.4. The molecule has 182 valence electrons. The molecule has 0 fully saturated rings. The van der Waals surface area contributed by atoms with Gasteiger partial charge in [-0.05, 0) is 24.3 Å². The monoisotopic (exact) mass is 497 g/mol. The molecule has 0 aliphatic heterocycles. The SMILES string of the molecule is COc1ccccc1-c1csc2nc(NC(=O)CNC(=O)c3cc(OC)c(OC)c(OC)c3)nn12. The molecule has 2 aromatic heterocycles. The second kappa shape index (κ2) is 10.3. The lowest BCUT2D eigenvalue weighted by Crippen LogP contribution is -2.33. The van der Waals surface area contributed by atoms with Crippen LogP contribution in [0.25, 0.3) is 16.2 Å². The van der Waals surface area contributed by atoms with Crippen molar-refractivity contribution in [1.82, 2.24) is 19.9 Å². The van der Waals surface area contributed by atoms with E-state index in [1.54, 1.807) is 11.6 Å². The molecule has 0 bridgehead atoms. The van der Waals surface area contributed by atoms with Gasteiger partial charge in [-0.1, -0.05) is 12.1 Å². The lowest BCUT2D eigenvalue weighted by molar-refractivity contribution is -0.115. The molecular weight excluding hydrogens is 474 g/mol. The van der Waals surface area contributed by atoms with Gasteiger partial charge in [0.15, 0.2) is 11.5 Å². The fraction of sp³-hybridized carbons (Fsp3) is 0.217. The van der Waals surface area contributed by atoms with Gasteiger partial charge in [-0.25, -0.2) is 4.52 Å². The first-order valence-electron chi connectivity index (χ1n) is 10.3. The van der Waals surface area contributed by atoms with Crippen molar-refractivity contribution in [2.75, 3.05) is 40.3 Å². The first-order valence-corrected chi connectivity index (χ1v) is 11.2. The van der Waals surface area contributed by atoms with Gasteiger partial charge < -0.3 is 24.3 Å². The summed E-state index contributed by atoms with van der Waals surface area (Å²) in [5.74, 6) is 0.870. The van der Waals surface area contributed by atoms with Crippen molar-refractivity contribution < 1.29 is 28.5 Å². The molecule has 0 unspecified atom stereocenters. The molecule has 2 N–H and O–H groups in total. The minimum Gasteiger partial charge on any atom is -0.496 e. The highest BCUT2D eigenvalue weighted by atomic mass is 32.1. The van der Waals surface area contributed by atoms with Crippen LogP contribution < -0.4 is 29.6 Å². The maximum absolute atomic E-state index is 12.6.